The molecule has 0 aliphatic heterocycles. The van der Waals surface area contributed by atoms with Crippen molar-refractivity contribution in [3.8, 4) is 5.75 Å². The van der Waals surface area contributed by atoms with Crippen LogP contribution in [0.4, 0.5) is 11.5 Å². The van der Waals surface area contributed by atoms with Crippen LogP contribution in [0.2, 0.25) is 5.02 Å². The quantitative estimate of drug-likeness (QED) is 0.854. The molecule has 0 spiro atoms. The Morgan fingerprint density at radius 3 is 2.73 bits per heavy atom. The molecular formula is C15H17ClN4O2. The largest absolute Gasteiger partial charge is 0.495 e. The van der Waals surface area contributed by atoms with Gasteiger partial charge in [0.1, 0.15) is 11.6 Å². The van der Waals surface area contributed by atoms with Crippen molar-refractivity contribution < 1.29 is 9.53 Å². The number of benzene rings is 1. The molecule has 7 heteroatoms. The second kappa shape index (κ2) is 7.61. The molecule has 0 aliphatic carbocycles. The zero-order chi connectivity index (χ0) is 15.9. The van der Waals surface area contributed by atoms with E-state index in [1.54, 1.807) is 30.3 Å². The number of aromatic nitrogens is 2. The van der Waals surface area contributed by atoms with E-state index in [4.69, 9.17) is 16.3 Å². The Morgan fingerprint density at radius 2 is 2.09 bits per heavy atom. The first-order valence-corrected chi connectivity index (χ1v) is 7.24. The normalized spacial score (nSPS) is 10.1. The van der Waals surface area contributed by atoms with E-state index in [2.05, 4.69) is 27.8 Å². The van der Waals surface area contributed by atoms with Crippen LogP contribution in [0.1, 0.15) is 23.8 Å². The van der Waals surface area contributed by atoms with Gasteiger partial charge in [-0.3, -0.25) is 4.79 Å². The highest BCUT2D eigenvalue weighted by molar-refractivity contribution is 6.31. The van der Waals surface area contributed by atoms with Crippen LogP contribution in [0.15, 0.2) is 30.3 Å². The number of anilines is 2. The van der Waals surface area contributed by atoms with E-state index < -0.39 is 0 Å². The van der Waals surface area contributed by atoms with Gasteiger partial charge in [0.05, 0.1) is 12.8 Å². The molecule has 0 saturated carbocycles. The molecule has 1 heterocycles. The van der Waals surface area contributed by atoms with Gasteiger partial charge in [-0.25, -0.2) is 0 Å². The Balaban J connectivity index is 2.10. The number of nitrogens with one attached hydrogen (secondary N) is 2. The lowest BCUT2D eigenvalue weighted by Crippen LogP contribution is -2.15. The fraction of sp³-hybridized carbons (Fsp3) is 0.267. The van der Waals surface area contributed by atoms with Crippen LogP contribution in [0.25, 0.3) is 0 Å². The zero-order valence-corrected chi connectivity index (χ0v) is 13.1. The van der Waals surface area contributed by atoms with Gasteiger partial charge in [0.2, 0.25) is 0 Å². The van der Waals surface area contributed by atoms with Gasteiger partial charge in [0.15, 0.2) is 5.69 Å². The predicted octanol–water partition coefficient (Wildman–Crippen LogP) is 3.21. The molecule has 6 nitrogen and oxygen atoms in total. The van der Waals surface area contributed by atoms with Gasteiger partial charge >= 0.3 is 0 Å². The number of nitrogens with zero attached hydrogens (tertiary/aromatic N) is 2. The second-order valence-electron chi connectivity index (χ2n) is 4.53. The number of amides is 1. The number of rotatable bonds is 6. The van der Waals surface area contributed by atoms with Crippen molar-refractivity contribution in [2.24, 2.45) is 0 Å². The summed E-state index contributed by atoms with van der Waals surface area (Å²) in [6, 6.07) is 8.30. The highest BCUT2D eigenvalue weighted by Crippen LogP contribution is 2.27. The number of hydrogen-bond acceptors (Lipinski definition) is 5. The van der Waals surface area contributed by atoms with Crippen LogP contribution in [0, 0.1) is 0 Å². The lowest BCUT2D eigenvalue weighted by Gasteiger charge is -2.10. The van der Waals surface area contributed by atoms with E-state index in [9.17, 15) is 4.79 Å². The summed E-state index contributed by atoms with van der Waals surface area (Å²) in [5.74, 6) is 0.779. The topological polar surface area (TPSA) is 76.1 Å². The summed E-state index contributed by atoms with van der Waals surface area (Å²) in [4.78, 5) is 12.2. The van der Waals surface area contributed by atoms with E-state index in [1.807, 2.05) is 0 Å². The summed E-state index contributed by atoms with van der Waals surface area (Å²) in [5, 5.41) is 14.2. The number of methoxy groups -OCH3 is 1. The number of ether oxygens (including phenoxy) is 1. The van der Waals surface area contributed by atoms with E-state index in [1.165, 1.54) is 7.11 Å². The smallest absolute Gasteiger partial charge is 0.276 e. The summed E-state index contributed by atoms with van der Waals surface area (Å²) < 4.78 is 5.18. The summed E-state index contributed by atoms with van der Waals surface area (Å²) in [6.45, 7) is 2.86. The van der Waals surface area contributed by atoms with E-state index >= 15 is 0 Å². The molecule has 2 rings (SSSR count). The van der Waals surface area contributed by atoms with Gasteiger partial charge in [0.25, 0.3) is 5.91 Å². The third kappa shape index (κ3) is 4.08. The van der Waals surface area contributed by atoms with Crippen LogP contribution in [-0.2, 0) is 0 Å². The van der Waals surface area contributed by atoms with E-state index in [-0.39, 0.29) is 11.6 Å². The molecule has 0 bridgehead atoms. The Bertz CT molecular complexity index is 646. The average molecular weight is 321 g/mol. The highest BCUT2D eigenvalue weighted by Gasteiger charge is 2.12. The van der Waals surface area contributed by atoms with E-state index in [0.717, 1.165) is 13.0 Å². The number of hydrogen-bond donors (Lipinski definition) is 2. The summed E-state index contributed by atoms with van der Waals surface area (Å²) >= 11 is 5.93. The molecule has 2 N–H and O–H groups in total. The van der Waals surface area contributed by atoms with Gasteiger partial charge in [-0.2, -0.15) is 0 Å². The van der Waals surface area contributed by atoms with Crippen LogP contribution < -0.4 is 15.4 Å². The Hall–Kier alpha value is -2.34. The molecule has 1 aromatic heterocycles. The van der Waals surface area contributed by atoms with Crippen molar-refractivity contribution in [2.75, 3.05) is 24.3 Å². The number of carbonyl (C=O) groups excluding carboxylic acids is 1. The SMILES string of the molecule is CCCNc1ccc(C(=O)Nc2cc(Cl)ccc2OC)nn1. The zero-order valence-electron chi connectivity index (χ0n) is 12.4. The molecule has 0 unspecified atom stereocenters. The maximum absolute atomic E-state index is 12.2. The monoisotopic (exact) mass is 320 g/mol. The lowest BCUT2D eigenvalue weighted by atomic mass is 10.2. The lowest BCUT2D eigenvalue weighted by molar-refractivity contribution is 0.102. The van der Waals surface area contributed by atoms with Crippen LogP contribution in [0.5, 0.6) is 5.75 Å². The average Bonchev–Trinajstić information content (AvgIpc) is 2.53. The van der Waals surface area contributed by atoms with E-state index in [0.29, 0.717) is 22.3 Å². The van der Waals surface area contributed by atoms with Crippen molar-refractivity contribution in [1.82, 2.24) is 10.2 Å². The van der Waals surface area contributed by atoms with Crippen molar-refractivity contribution in [3.05, 3.63) is 41.0 Å². The molecule has 1 amide bonds. The molecular weight excluding hydrogens is 304 g/mol. The minimum Gasteiger partial charge on any atom is -0.495 e. The van der Waals surface area contributed by atoms with Crippen molar-refractivity contribution in [1.29, 1.82) is 0 Å². The molecule has 0 atom stereocenters. The summed E-state index contributed by atoms with van der Waals surface area (Å²) in [6.07, 6.45) is 0.985. The summed E-state index contributed by atoms with van der Waals surface area (Å²) in [5.41, 5.74) is 0.694. The van der Waals surface area contributed by atoms with Gasteiger partial charge in [-0.05, 0) is 36.8 Å². The molecule has 2 aromatic rings. The maximum atomic E-state index is 12.2. The number of carbonyl (C=O) groups is 1. The van der Waals surface area contributed by atoms with Crippen molar-refractivity contribution in [3.63, 3.8) is 0 Å². The van der Waals surface area contributed by atoms with Crippen LogP contribution >= 0.6 is 11.6 Å². The summed E-state index contributed by atoms with van der Waals surface area (Å²) in [7, 11) is 1.52. The maximum Gasteiger partial charge on any atom is 0.276 e. The van der Waals surface area contributed by atoms with Crippen molar-refractivity contribution >= 4 is 29.0 Å². The predicted molar refractivity (Wildman–Crippen MR) is 86.8 cm³/mol. The molecule has 1 aromatic carbocycles. The molecule has 0 saturated heterocycles. The molecule has 0 aliphatic rings. The molecule has 0 fully saturated rings. The van der Waals surface area contributed by atoms with Gasteiger partial charge in [0, 0.05) is 11.6 Å². The highest BCUT2D eigenvalue weighted by atomic mass is 35.5. The first-order chi connectivity index (χ1) is 10.6. The Kier molecular flexibility index (Phi) is 5.55. The van der Waals surface area contributed by atoms with Gasteiger partial charge in [-0.15, -0.1) is 10.2 Å². The minimum absolute atomic E-state index is 0.212. The fourth-order valence-electron chi connectivity index (χ4n) is 1.76. The first kappa shape index (κ1) is 16.0. The molecule has 0 radical (unpaired) electrons. The first-order valence-electron chi connectivity index (χ1n) is 6.86. The second-order valence-corrected chi connectivity index (χ2v) is 4.97. The Morgan fingerprint density at radius 1 is 1.27 bits per heavy atom. The van der Waals surface area contributed by atoms with Gasteiger partial charge in [-0.1, -0.05) is 18.5 Å². The van der Waals surface area contributed by atoms with Gasteiger partial charge < -0.3 is 15.4 Å². The standard InChI is InChI=1S/C15H17ClN4O2/c1-3-8-17-14-7-5-11(19-20-14)15(21)18-12-9-10(16)4-6-13(12)22-2/h4-7,9H,3,8H2,1-2H3,(H,17,20)(H,18,21). The van der Waals surface area contributed by atoms with Crippen LogP contribution in [-0.4, -0.2) is 29.8 Å². The fourth-order valence-corrected chi connectivity index (χ4v) is 1.94. The minimum atomic E-state index is -0.380. The van der Waals surface area contributed by atoms with Crippen LogP contribution in [0.3, 0.4) is 0 Å². The number of halogens is 1. The molecule has 116 valence electrons. The molecule has 22 heavy (non-hydrogen) atoms. The van der Waals surface area contributed by atoms with Crippen molar-refractivity contribution in [2.45, 2.75) is 13.3 Å². The Labute approximate surface area is 133 Å². The third-order valence-electron chi connectivity index (χ3n) is 2.86. The third-order valence-corrected chi connectivity index (χ3v) is 3.10.